The minimum atomic E-state index is -0.392. The Morgan fingerprint density at radius 2 is 2.19 bits per heavy atom. The molecule has 2 heterocycles. The Bertz CT molecular complexity index is 710. The molecule has 4 nitrogen and oxygen atoms in total. The van der Waals surface area contributed by atoms with Gasteiger partial charge in [-0.2, -0.15) is 0 Å². The summed E-state index contributed by atoms with van der Waals surface area (Å²) in [5, 5.41) is 0. The van der Waals surface area contributed by atoms with Crippen LogP contribution in [0.25, 0.3) is 16.0 Å². The smallest absolute Gasteiger partial charge is 0.260 e. The summed E-state index contributed by atoms with van der Waals surface area (Å²) in [7, 11) is 0. The topological polar surface area (TPSA) is 60.4 Å². The zero-order valence-corrected chi connectivity index (χ0v) is 9.41. The summed E-state index contributed by atoms with van der Waals surface area (Å²) in [5.74, 6) is -0.392. The number of primary amides is 1. The van der Waals surface area contributed by atoms with Gasteiger partial charge in [-0.3, -0.25) is 9.20 Å². The summed E-state index contributed by atoms with van der Waals surface area (Å²) in [5.41, 5.74) is 8.12. The van der Waals surface area contributed by atoms with Gasteiger partial charge in [-0.25, -0.2) is 4.98 Å². The normalized spacial score (nSPS) is 11.3. The predicted molar refractivity (Wildman–Crippen MR) is 63.8 cm³/mol. The van der Waals surface area contributed by atoms with E-state index in [1.165, 1.54) is 11.3 Å². The Labute approximate surface area is 95.3 Å². The molecule has 0 unspecified atom stereocenters. The number of hydrogen-bond acceptors (Lipinski definition) is 3. The molecule has 2 aromatic heterocycles. The van der Waals surface area contributed by atoms with Crippen LogP contribution in [0.1, 0.15) is 15.4 Å². The molecule has 5 heteroatoms. The second kappa shape index (κ2) is 3.05. The van der Waals surface area contributed by atoms with Gasteiger partial charge in [-0.1, -0.05) is 23.5 Å². The summed E-state index contributed by atoms with van der Waals surface area (Å²) in [6, 6.07) is 7.85. The Balaban J connectivity index is 2.50. The van der Waals surface area contributed by atoms with Gasteiger partial charge in [0.2, 0.25) is 0 Å². The van der Waals surface area contributed by atoms with Crippen molar-refractivity contribution in [3.05, 3.63) is 34.8 Å². The summed E-state index contributed by atoms with van der Waals surface area (Å²) in [4.78, 5) is 17.1. The van der Waals surface area contributed by atoms with E-state index in [9.17, 15) is 4.79 Å². The molecule has 0 saturated carbocycles. The molecule has 0 atom stereocenters. The number of imidazole rings is 1. The molecule has 1 aromatic carbocycles. The summed E-state index contributed by atoms with van der Waals surface area (Å²) in [6.45, 7) is 1.89. The Morgan fingerprint density at radius 1 is 1.44 bits per heavy atom. The van der Waals surface area contributed by atoms with Crippen LogP contribution in [0.15, 0.2) is 24.3 Å². The number of carbonyl (C=O) groups excluding carboxylic acids is 1. The minimum absolute atomic E-state index is 0.392. The molecular weight excluding hydrogens is 222 g/mol. The van der Waals surface area contributed by atoms with Crippen LogP contribution in [0, 0.1) is 6.92 Å². The van der Waals surface area contributed by atoms with Crippen molar-refractivity contribution in [1.82, 2.24) is 9.38 Å². The van der Waals surface area contributed by atoms with Gasteiger partial charge in [0.05, 0.1) is 11.0 Å². The van der Waals surface area contributed by atoms with E-state index in [1.54, 1.807) is 0 Å². The summed E-state index contributed by atoms with van der Waals surface area (Å²) in [6.07, 6.45) is 0. The van der Waals surface area contributed by atoms with Crippen molar-refractivity contribution in [2.24, 2.45) is 5.73 Å². The van der Waals surface area contributed by atoms with E-state index in [0.29, 0.717) is 4.88 Å². The average molecular weight is 231 g/mol. The first-order chi connectivity index (χ1) is 7.68. The molecule has 80 valence electrons. The quantitative estimate of drug-likeness (QED) is 0.696. The second-order valence-corrected chi connectivity index (χ2v) is 4.58. The van der Waals surface area contributed by atoms with E-state index in [1.807, 2.05) is 35.6 Å². The van der Waals surface area contributed by atoms with E-state index in [-0.39, 0.29) is 0 Å². The fourth-order valence-electron chi connectivity index (χ4n) is 1.89. The van der Waals surface area contributed by atoms with Crippen molar-refractivity contribution < 1.29 is 4.79 Å². The van der Waals surface area contributed by atoms with Gasteiger partial charge >= 0.3 is 0 Å². The number of benzene rings is 1. The number of fused-ring (bicyclic) bond motifs is 3. The highest BCUT2D eigenvalue weighted by Gasteiger charge is 2.16. The first kappa shape index (κ1) is 9.35. The highest BCUT2D eigenvalue weighted by Crippen LogP contribution is 2.26. The lowest BCUT2D eigenvalue weighted by Crippen LogP contribution is -2.10. The van der Waals surface area contributed by atoms with E-state index >= 15 is 0 Å². The second-order valence-electron chi connectivity index (χ2n) is 3.60. The number of thiazole rings is 1. The molecule has 0 aliphatic heterocycles. The number of para-hydroxylation sites is 2. The Kier molecular flexibility index (Phi) is 1.79. The van der Waals surface area contributed by atoms with Crippen LogP contribution in [-0.4, -0.2) is 15.3 Å². The van der Waals surface area contributed by atoms with Crippen LogP contribution in [0.2, 0.25) is 0 Å². The molecule has 0 aliphatic rings. The lowest BCUT2D eigenvalue weighted by Gasteiger charge is -1.95. The van der Waals surface area contributed by atoms with Crippen molar-refractivity contribution in [1.29, 1.82) is 0 Å². The summed E-state index contributed by atoms with van der Waals surface area (Å²) >= 11 is 1.34. The maximum Gasteiger partial charge on any atom is 0.260 e. The molecule has 2 N–H and O–H groups in total. The minimum Gasteiger partial charge on any atom is -0.365 e. The van der Waals surface area contributed by atoms with Crippen LogP contribution < -0.4 is 5.73 Å². The molecular formula is C11H9N3OS. The standard InChI is InChI=1S/C11H9N3OS/c1-6-9(10(12)15)16-11-13-7-4-2-3-5-8(7)14(6)11/h2-5H,1H3,(H2,12,15). The third kappa shape index (κ3) is 1.09. The van der Waals surface area contributed by atoms with Crippen molar-refractivity contribution >= 4 is 33.2 Å². The van der Waals surface area contributed by atoms with Gasteiger partial charge < -0.3 is 5.73 Å². The van der Waals surface area contributed by atoms with Gasteiger partial charge in [0, 0.05) is 5.69 Å². The van der Waals surface area contributed by atoms with Gasteiger partial charge in [-0.05, 0) is 19.1 Å². The molecule has 0 bridgehead atoms. The van der Waals surface area contributed by atoms with Gasteiger partial charge in [0.15, 0.2) is 4.96 Å². The first-order valence-corrected chi connectivity index (χ1v) is 5.66. The predicted octanol–water partition coefficient (Wildman–Crippen LogP) is 1.96. The molecule has 0 aliphatic carbocycles. The van der Waals surface area contributed by atoms with Crippen molar-refractivity contribution in [3.8, 4) is 0 Å². The van der Waals surface area contributed by atoms with E-state index in [2.05, 4.69) is 4.98 Å². The number of hydrogen-bond donors (Lipinski definition) is 1. The highest BCUT2D eigenvalue weighted by molar-refractivity contribution is 7.19. The van der Waals surface area contributed by atoms with Crippen LogP contribution in [-0.2, 0) is 0 Å². The van der Waals surface area contributed by atoms with Gasteiger partial charge in [0.1, 0.15) is 4.88 Å². The maximum atomic E-state index is 11.2. The number of nitrogens with zero attached hydrogens (tertiary/aromatic N) is 2. The summed E-state index contributed by atoms with van der Waals surface area (Å²) < 4.78 is 1.97. The van der Waals surface area contributed by atoms with E-state index in [4.69, 9.17) is 5.73 Å². The van der Waals surface area contributed by atoms with Gasteiger partial charge in [-0.15, -0.1) is 0 Å². The largest absolute Gasteiger partial charge is 0.365 e. The third-order valence-electron chi connectivity index (χ3n) is 2.61. The number of carbonyl (C=O) groups is 1. The molecule has 0 spiro atoms. The molecule has 0 fully saturated rings. The molecule has 1 amide bonds. The number of nitrogens with two attached hydrogens (primary N) is 1. The SMILES string of the molecule is Cc1c(C(N)=O)sc2nc3ccccc3n12. The Hall–Kier alpha value is -1.88. The number of aryl methyl sites for hydroxylation is 1. The Morgan fingerprint density at radius 3 is 2.94 bits per heavy atom. The zero-order chi connectivity index (χ0) is 11.3. The molecule has 0 radical (unpaired) electrons. The molecule has 16 heavy (non-hydrogen) atoms. The fraction of sp³-hybridized carbons (Fsp3) is 0.0909. The molecule has 3 rings (SSSR count). The van der Waals surface area contributed by atoms with E-state index in [0.717, 1.165) is 21.7 Å². The monoisotopic (exact) mass is 231 g/mol. The lowest BCUT2D eigenvalue weighted by molar-refractivity contribution is 0.100. The van der Waals surface area contributed by atoms with Gasteiger partial charge in [0.25, 0.3) is 5.91 Å². The number of amides is 1. The van der Waals surface area contributed by atoms with Crippen LogP contribution in [0.3, 0.4) is 0 Å². The number of rotatable bonds is 1. The lowest BCUT2D eigenvalue weighted by atomic mass is 10.3. The number of aromatic nitrogens is 2. The maximum absolute atomic E-state index is 11.2. The molecule has 0 saturated heterocycles. The van der Waals surface area contributed by atoms with Crippen LogP contribution in [0.5, 0.6) is 0 Å². The van der Waals surface area contributed by atoms with Crippen molar-refractivity contribution in [2.75, 3.05) is 0 Å². The first-order valence-electron chi connectivity index (χ1n) is 4.85. The highest BCUT2D eigenvalue weighted by atomic mass is 32.1. The van der Waals surface area contributed by atoms with Crippen molar-refractivity contribution in [2.45, 2.75) is 6.92 Å². The van der Waals surface area contributed by atoms with Crippen LogP contribution in [0.4, 0.5) is 0 Å². The fourth-order valence-corrected chi connectivity index (χ4v) is 2.88. The molecule has 3 aromatic rings. The van der Waals surface area contributed by atoms with Crippen LogP contribution >= 0.6 is 11.3 Å². The van der Waals surface area contributed by atoms with E-state index < -0.39 is 5.91 Å². The zero-order valence-electron chi connectivity index (χ0n) is 8.60. The average Bonchev–Trinajstić information content (AvgIpc) is 2.75. The van der Waals surface area contributed by atoms with Crippen molar-refractivity contribution in [3.63, 3.8) is 0 Å². The third-order valence-corrected chi connectivity index (χ3v) is 3.77.